The third-order valence-electron chi connectivity index (χ3n) is 3.59. The van der Waals surface area contributed by atoms with Gasteiger partial charge in [-0.05, 0) is 56.7 Å². The van der Waals surface area contributed by atoms with Gasteiger partial charge < -0.3 is 15.2 Å². The van der Waals surface area contributed by atoms with E-state index in [1.807, 2.05) is 19.1 Å². The Labute approximate surface area is 137 Å². The molecule has 0 aliphatic heterocycles. The lowest BCUT2D eigenvalue weighted by molar-refractivity contribution is 0.314. The average Bonchev–Trinajstić information content (AvgIpc) is 2.46. The molecule has 2 aromatic rings. The first-order valence-electron chi connectivity index (χ1n) is 7.48. The first-order valence-corrected chi connectivity index (χ1v) is 7.48. The Morgan fingerprint density at radius 1 is 1.09 bits per heavy atom. The van der Waals surface area contributed by atoms with Gasteiger partial charge in [0.1, 0.15) is 11.5 Å². The predicted octanol–water partition coefficient (Wildman–Crippen LogP) is 4.80. The molecule has 0 amide bonds. The van der Waals surface area contributed by atoms with Crippen LogP contribution >= 0.6 is 0 Å². The van der Waals surface area contributed by atoms with Gasteiger partial charge in [0.15, 0.2) is 5.88 Å². The molecule has 0 bridgehead atoms. The van der Waals surface area contributed by atoms with Crippen LogP contribution in [0.2, 0.25) is 0 Å². The Kier molecular flexibility index (Phi) is 4.80. The third kappa shape index (κ3) is 4.39. The van der Waals surface area contributed by atoms with E-state index in [-0.39, 0.29) is 11.3 Å². The number of allylic oxidation sites excluding steroid dienone is 1. The minimum absolute atomic E-state index is 0.156. The van der Waals surface area contributed by atoms with Crippen molar-refractivity contribution in [1.29, 1.82) is 0 Å². The maximum atomic E-state index is 9.48. The van der Waals surface area contributed by atoms with E-state index in [1.54, 1.807) is 24.3 Å². The highest BCUT2D eigenvalue weighted by Crippen LogP contribution is 2.25. The van der Waals surface area contributed by atoms with Gasteiger partial charge in [-0.15, -0.1) is 0 Å². The monoisotopic (exact) mass is 309 g/mol. The molecular weight excluding hydrogens is 286 g/mol. The number of rotatable bonds is 6. The van der Waals surface area contributed by atoms with Crippen molar-refractivity contribution in [3.63, 3.8) is 0 Å². The molecule has 0 fully saturated rings. The SMILES string of the molecule is C=C(NC(C)(C)c1cccc(C(=C)C)c1)Oc1cccc(O)c1. The van der Waals surface area contributed by atoms with E-state index in [0.29, 0.717) is 11.6 Å². The number of phenols is 1. The van der Waals surface area contributed by atoms with Gasteiger partial charge in [-0.3, -0.25) is 0 Å². The van der Waals surface area contributed by atoms with Crippen molar-refractivity contribution in [2.75, 3.05) is 0 Å². The number of ether oxygens (including phenoxy) is 1. The summed E-state index contributed by atoms with van der Waals surface area (Å²) in [4.78, 5) is 0. The predicted molar refractivity (Wildman–Crippen MR) is 95.2 cm³/mol. The van der Waals surface area contributed by atoms with Crippen molar-refractivity contribution in [3.05, 3.63) is 78.7 Å². The van der Waals surface area contributed by atoms with Crippen molar-refractivity contribution in [2.24, 2.45) is 0 Å². The zero-order valence-electron chi connectivity index (χ0n) is 13.9. The van der Waals surface area contributed by atoms with Gasteiger partial charge in [0.05, 0.1) is 5.54 Å². The highest BCUT2D eigenvalue weighted by molar-refractivity contribution is 5.62. The minimum Gasteiger partial charge on any atom is -0.508 e. The Morgan fingerprint density at radius 3 is 2.43 bits per heavy atom. The van der Waals surface area contributed by atoms with Crippen LogP contribution < -0.4 is 10.1 Å². The highest BCUT2D eigenvalue weighted by Gasteiger charge is 2.21. The molecule has 0 unspecified atom stereocenters. The van der Waals surface area contributed by atoms with Gasteiger partial charge in [0.25, 0.3) is 0 Å². The van der Waals surface area contributed by atoms with Crippen LogP contribution in [0.25, 0.3) is 5.57 Å². The molecule has 3 nitrogen and oxygen atoms in total. The normalized spacial score (nSPS) is 10.9. The van der Waals surface area contributed by atoms with E-state index in [9.17, 15) is 5.11 Å². The smallest absolute Gasteiger partial charge is 0.186 e. The highest BCUT2D eigenvalue weighted by atomic mass is 16.5. The molecule has 23 heavy (non-hydrogen) atoms. The molecule has 2 rings (SSSR count). The van der Waals surface area contributed by atoms with Crippen LogP contribution in [0.3, 0.4) is 0 Å². The standard InChI is InChI=1S/C20H23NO2/c1-14(2)16-8-6-9-17(12-16)20(4,5)21-15(3)23-19-11-7-10-18(22)13-19/h6-13,21-22H,1,3H2,2,4-5H3. The summed E-state index contributed by atoms with van der Waals surface area (Å²) in [6, 6.07) is 14.8. The van der Waals surface area contributed by atoms with Gasteiger partial charge in [-0.25, -0.2) is 0 Å². The van der Waals surface area contributed by atoms with E-state index in [0.717, 1.165) is 16.7 Å². The van der Waals surface area contributed by atoms with Gasteiger partial charge >= 0.3 is 0 Å². The first kappa shape index (κ1) is 16.7. The topological polar surface area (TPSA) is 41.5 Å². The molecule has 2 aromatic carbocycles. The molecule has 0 radical (unpaired) electrons. The molecule has 0 spiro atoms. The third-order valence-corrected chi connectivity index (χ3v) is 3.59. The number of aromatic hydroxyl groups is 1. The van der Waals surface area contributed by atoms with Crippen LogP contribution in [0, 0.1) is 0 Å². The average molecular weight is 309 g/mol. The molecule has 0 aliphatic carbocycles. The Morgan fingerprint density at radius 2 is 1.78 bits per heavy atom. The summed E-state index contributed by atoms with van der Waals surface area (Å²) in [5.41, 5.74) is 2.88. The number of hydrogen-bond donors (Lipinski definition) is 2. The van der Waals surface area contributed by atoms with Crippen LogP contribution in [0.4, 0.5) is 0 Å². The Balaban J connectivity index is 2.12. The Hall–Kier alpha value is -2.68. The van der Waals surface area contributed by atoms with Crippen molar-refractivity contribution in [1.82, 2.24) is 5.32 Å². The fourth-order valence-electron chi connectivity index (χ4n) is 2.31. The van der Waals surface area contributed by atoms with Crippen LogP contribution in [0.15, 0.2) is 67.6 Å². The van der Waals surface area contributed by atoms with Crippen molar-refractivity contribution in [2.45, 2.75) is 26.3 Å². The summed E-state index contributed by atoms with van der Waals surface area (Å²) >= 11 is 0. The number of benzene rings is 2. The molecule has 0 aromatic heterocycles. The lowest BCUT2D eigenvalue weighted by Crippen LogP contribution is -2.37. The molecule has 0 saturated carbocycles. The largest absolute Gasteiger partial charge is 0.508 e. The van der Waals surface area contributed by atoms with E-state index >= 15 is 0 Å². The van der Waals surface area contributed by atoms with Crippen molar-refractivity contribution < 1.29 is 9.84 Å². The zero-order valence-corrected chi connectivity index (χ0v) is 13.9. The maximum Gasteiger partial charge on any atom is 0.186 e. The maximum absolute atomic E-state index is 9.48. The van der Waals surface area contributed by atoms with Crippen LogP contribution in [0.5, 0.6) is 11.5 Å². The van der Waals surface area contributed by atoms with Crippen molar-refractivity contribution in [3.8, 4) is 11.5 Å². The van der Waals surface area contributed by atoms with Gasteiger partial charge in [-0.2, -0.15) is 0 Å². The first-order chi connectivity index (χ1) is 10.8. The summed E-state index contributed by atoms with van der Waals surface area (Å²) < 4.78 is 5.65. The van der Waals surface area contributed by atoms with E-state index < -0.39 is 0 Å². The quantitative estimate of drug-likeness (QED) is 0.753. The molecule has 0 heterocycles. The zero-order chi connectivity index (χ0) is 17.0. The van der Waals surface area contributed by atoms with Gasteiger partial charge in [-0.1, -0.05) is 36.4 Å². The lowest BCUT2D eigenvalue weighted by Gasteiger charge is -2.29. The fraction of sp³-hybridized carbons (Fsp3) is 0.200. The second-order valence-corrected chi connectivity index (χ2v) is 6.13. The van der Waals surface area contributed by atoms with E-state index in [2.05, 4.69) is 44.5 Å². The van der Waals surface area contributed by atoms with Crippen LogP contribution in [0.1, 0.15) is 31.9 Å². The molecule has 120 valence electrons. The van der Waals surface area contributed by atoms with E-state index in [1.165, 1.54) is 0 Å². The summed E-state index contributed by atoms with van der Waals surface area (Å²) in [6.45, 7) is 14.0. The summed E-state index contributed by atoms with van der Waals surface area (Å²) in [6.07, 6.45) is 0. The van der Waals surface area contributed by atoms with Gasteiger partial charge in [0, 0.05) is 6.07 Å². The molecule has 2 N–H and O–H groups in total. The van der Waals surface area contributed by atoms with Gasteiger partial charge in [0.2, 0.25) is 0 Å². The summed E-state index contributed by atoms with van der Waals surface area (Å²) in [7, 11) is 0. The van der Waals surface area contributed by atoms with Crippen LogP contribution in [-0.4, -0.2) is 5.11 Å². The second kappa shape index (κ2) is 6.61. The Bertz CT molecular complexity index is 732. The molecule has 0 saturated heterocycles. The molecular formula is C20H23NO2. The summed E-state index contributed by atoms with van der Waals surface area (Å²) in [5.74, 6) is 1.11. The number of nitrogens with one attached hydrogen (secondary N) is 1. The molecule has 0 atom stereocenters. The lowest BCUT2D eigenvalue weighted by atomic mass is 9.92. The van der Waals surface area contributed by atoms with Crippen LogP contribution in [-0.2, 0) is 5.54 Å². The number of phenolic OH excluding ortho intramolecular Hbond substituents is 1. The fourth-order valence-corrected chi connectivity index (χ4v) is 2.31. The second-order valence-electron chi connectivity index (χ2n) is 6.13. The molecule has 3 heteroatoms. The minimum atomic E-state index is -0.362. The molecule has 0 aliphatic rings. The van der Waals surface area contributed by atoms with E-state index in [4.69, 9.17) is 4.74 Å². The number of hydrogen-bond acceptors (Lipinski definition) is 3. The van der Waals surface area contributed by atoms with Crippen molar-refractivity contribution >= 4 is 5.57 Å². The summed E-state index contributed by atoms with van der Waals surface area (Å²) in [5, 5.41) is 12.8.